The van der Waals surface area contributed by atoms with E-state index >= 15 is 0 Å². The van der Waals surface area contributed by atoms with Crippen LogP contribution in [0, 0.1) is 0 Å². The van der Waals surface area contributed by atoms with Crippen LogP contribution in [0.15, 0.2) is 53.3 Å². The Kier molecular flexibility index (Phi) is 3.86. The number of hydrogen-bond donors (Lipinski definition) is 2. The van der Waals surface area contributed by atoms with Crippen molar-refractivity contribution in [2.24, 2.45) is 5.84 Å². The number of anilines is 1. The second-order valence-corrected chi connectivity index (χ2v) is 4.75. The number of nitrogens with zero attached hydrogens (tertiary/aromatic N) is 2. The van der Waals surface area contributed by atoms with Crippen LogP contribution in [0.25, 0.3) is 16.6 Å². The molecular weight excluding hydrogens is 325 g/mol. The van der Waals surface area contributed by atoms with Gasteiger partial charge in [0, 0.05) is 0 Å². The molecule has 3 rings (SSSR count). The fourth-order valence-corrected chi connectivity index (χ4v) is 2.31. The molecule has 0 aliphatic heterocycles. The van der Waals surface area contributed by atoms with Crippen LogP contribution < -0.4 is 21.6 Å². The Hall–Kier alpha value is -3.07. The van der Waals surface area contributed by atoms with E-state index in [2.05, 4.69) is 15.1 Å². The quantitative estimate of drug-likeness (QED) is 0.567. The number of nitrogens with two attached hydrogens (primary N) is 1. The smallest absolute Gasteiger partial charge is 0.404 e. The fourth-order valence-electron chi connectivity index (χ4n) is 2.31. The van der Waals surface area contributed by atoms with E-state index in [9.17, 15) is 18.0 Å². The number of fused-ring (bicyclic) bond motifs is 1. The van der Waals surface area contributed by atoms with Gasteiger partial charge in [-0.15, -0.1) is 13.2 Å². The first-order valence-electron chi connectivity index (χ1n) is 6.74. The summed E-state index contributed by atoms with van der Waals surface area (Å²) in [6.45, 7) is 0. The van der Waals surface area contributed by atoms with Crippen molar-refractivity contribution in [1.29, 1.82) is 0 Å². The van der Waals surface area contributed by atoms with Crippen molar-refractivity contribution in [3.8, 4) is 11.4 Å². The molecule has 0 amide bonds. The van der Waals surface area contributed by atoms with Crippen LogP contribution in [0.1, 0.15) is 0 Å². The molecule has 1 aromatic heterocycles. The van der Waals surface area contributed by atoms with Crippen molar-refractivity contribution in [2.45, 2.75) is 6.36 Å². The topological polar surface area (TPSA) is 82.2 Å². The molecule has 3 N–H and O–H groups in total. The average Bonchev–Trinajstić information content (AvgIpc) is 2.54. The number of halogens is 3. The van der Waals surface area contributed by atoms with Gasteiger partial charge in [0.1, 0.15) is 0 Å². The highest BCUT2D eigenvalue weighted by Crippen LogP contribution is 2.29. The van der Waals surface area contributed by atoms with Gasteiger partial charge in [0.25, 0.3) is 5.56 Å². The summed E-state index contributed by atoms with van der Waals surface area (Å²) < 4.78 is 42.8. The van der Waals surface area contributed by atoms with Crippen LogP contribution in [-0.4, -0.2) is 15.9 Å². The summed E-state index contributed by atoms with van der Waals surface area (Å²) in [4.78, 5) is 16.9. The van der Waals surface area contributed by atoms with Crippen molar-refractivity contribution >= 4 is 16.9 Å². The largest absolute Gasteiger partial charge is 0.573 e. The number of rotatable bonds is 3. The third-order valence-corrected chi connectivity index (χ3v) is 3.24. The molecule has 9 heteroatoms. The van der Waals surface area contributed by atoms with Gasteiger partial charge in [0.15, 0.2) is 5.75 Å². The number of nitrogens with one attached hydrogen (secondary N) is 1. The predicted molar refractivity (Wildman–Crippen MR) is 81.8 cm³/mol. The molecule has 0 saturated carbocycles. The fraction of sp³-hybridized carbons (Fsp3) is 0.0667. The number of hydrazine groups is 1. The molecule has 0 aliphatic rings. The highest BCUT2D eigenvalue weighted by Gasteiger charge is 2.32. The van der Waals surface area contributed by atoms with Gasteiger partial charge in [0.05, 0.1) is 16.6 Å². The number of hydrogen-bond acceptors (Lipinski definition) is 5. The second kappa shape index (κ2) is 5.85. The van der Waals surface area contributed by atoms with E-state index in [0.717, 1.165) is 10.6 Å². The Labute approximate surface area is 133 Å². The van der Waals surface area contributed by atoms with Gasteiger partial charge >= 0.3 is 6.36 Å². The second-order valence-electron chi connectivity index (χ2n) is 4.75. The Morgan fingerprint density at radius 1 is 1.08 bits per heavy atom. The Morgan fingerprint density at radius 3 is 2.46 bits per heavy atom. The van der Waals surface area contributed by atoms with Crippen molar-refractivity contribution in [2.75, 3.05) is 5.43 Å². The summed E-state index contributed by atoms with van der Waals surface area (Å²) in [6, 6.07) is 11.7. The summed E-state index contributed by atoms with van der Waals surface area (Å²) in [5, 5.41) is 0.235. The van der Waals surface area contributed by atoms with E-state index in [-0.39, 0.29) is 17.0 Å². The molecule has 3 aromatic rings. The minimum Gasteiger partial charge on any atom is -0.404 e. The van der Waals surface area contributed by atoms with E-state index in [1.165, 1.54) is 24.3 Å². The minimum atomic E-state index is -4.90. The molecule has 6 nitrogen and oxygen atoms in total. The summed E-state index contributed by atoms with van der Waals surface area (Å²) in [6.07, 6.45) is -4.90. The molecular formula is C15H11F3N4O2. The average molecular weight is 336 g/mol. The van der Waals surface area contributed by atoms with Crippen molar-refractivity contribution in [1.82, 2.24) is 9.55 Å². The number of alkyl halides is 3. The monoisotopic (exact) mass is 336 g/mol. The summed E-state index contributed by atoms with van der Waals surface area (Å²) >= 11 is 0. The zero-order valence-electron chi connectivity index (χ0n) is 12.0. The predicted octanol–water partition coefficient (Wildman–Crippen LogP) is 2.57. The van der Waals surface area contributed by atoms with Crippen LogP contribution in [0.4, 0.5) is 19.1 Å². The van der Waals surface area contributed by atoms with Gasteiger partial charge in [-0.3, -0.25) is 10.2 Å². The highest BCUT2D eigenvalue weighted by atomic mass is 19.4. The maximum Gasteiger partial charge on any atom is 0.573 e. The lowest BCUT2D eigenvalue weighted by molar-refractivity contribution is -0.274. The first kappa shape index (κ1) is 15.8. The first-order valence-corrected chi connectivity index (χ1v) is 6.74. The maximum atomic E-state index is 12.7. The van der Waals surface area contributed by atoms with E-state index in [4.69, 9.17) is 5.84 Å². The molecule has 1 heterocycles. The van der Waals surface area contributed by atoms with E-state index < -0.39 is 17.7 Å². The van der Waals surface area contributed by atoms with Gasteiger partial charge in [0.2, 0.25) is 5.95 Å². The maximum absolute atomic E-state index is 12.7. The Morgan fingerprint density at radius 2 is 1.75 bits per heavy atom. The lowest BCUT2D eigenvalue weighted by atomic mass is 10.2. The van der Waals surface area contributed by atoms with Crippen LogP contribution in [0.2, 0.25) is 0 Å². The Bertz CT molecular complexity index is 953. The number of para-hydroxylation sites is 3. The lowest BCUT2D eigenvalue weighted by Gasteiger charge is -2.17. The zero-order chi connectivity index (χ0) is 17.3. The highest BCUT2D eigenvalue weighted by molar-refractivity contribution is 5.79. The molecule has 0 aliphatic carbocycles. The molecule has 0 fully saturated rings. The molecule has 0 saturated heterocycles. The van der Waals surface area contributed by atoms with E-state index in [1.807, 2.05) is 0 Å². The molecule has 124 valence electrons. The number of nitrogen functional groups attached to an aromatic ring is 1. The van der Waals surface area contributed by atoms with Crippen molar-refractivity contribution < 1.29 is 17.9 Å². The molecule has 0 radical (unpaired) electrons. The van der Waals surface area contributed by atoms with Crippen molar-refractivity contribution in [3.05, 3.63) is 58.9 Å². The molecule has 0 bridgehead atoms. The normalized spacial score (nSPS) is 11.5. The summed E-state index contributed by atoms with van der Waals surface area (Å²) in [5.41, 5.74) is 1.88. The summed E-state index contributed by atoms with van der Waals surface area (Å²) in [7, 11) is 0. The third-order valence-electron chi connectivity index (χ3n) is 3.24. The standard InChI is InChI=1S/C15H11F3N4O2/c16-15(17,18)24-12-8-4-3-7-11(12)22-13(23)9-5-1-2-6-10(9)20-14(22)21-19/h1-8H,19H2,(H,20,21). The summed E-state index contributed by atoms with van der Waals surface area (Å²) in [5.74, 6) is 4.73. The molecule has 0 spiro atoms. The molecule has 0 unspecified atom stereocenters. The number of ether oxygens (including phenoxy) is 1. The number of benzene rings is 2. The van der Waals surface area contributed by atoms with Gasteiger partial charge in [-0.1, -0.05) is 24.3 Å². The number of aromatic nitrogens is 2. The molecule has 0 atom stereocenters. The minimum absolute atomic E-state index is 0.114. The van der Waals surface area contributed by atoms with Crippen LogP contribution in [0.5, 0.6) is 5.75 Å². The SMILES string of the molecule is NNc1nc2ccccc2c(=O)n1-c1ccccc1OC(F)(F)F. The third kappa shape index (κ3) is 2.88. The van der Waals surface area contributed by atoms with Gasteiger partial charge in [-0.25, -0.2) is 15.4 Å². The first-order chi connectivity index (χ1) is 11.4. The van der Waals surface area contributed by atoms with E-state index in [1.54, 1.807) is 18.2 Å². The van der Waals surface area contributed by atoms with Crippen molar-refractivity contribution in [3.63, 3.8) is 0 Å². The van der Waals surface area contributed by atoms with Gasteiger partial charge < -0.3 is 4.74 Å². The Balaban J connectivity index is 2.31. The van der Waals surface area contributed by atoms with Crippen LogP contribution in [0.3, 0.4) is 0 Å². The zero-order valence-corrected chi connectivity index (χ0v) is 12.0. The van der Waals surface area contributed by atoms with Gasteiger partial charge in [-0.05, 0) is 24.3 Å². The van der Waals surface area contributed by atoms with Crippen LogP contribution in [-0.2, 0) is 0 Å². The lowest BCUT2D eigenvalue weighted by Crippen LogP contribution is -2.27. The van der Waals surface area contributed by atoms with E-state index in [0.29, 0.717) is 5.52 Å². The molecule has 24 heavy (non-hydrogen) atoms. The van der Waals surface area contributed by atoms with Crippen LogP contribution >= 0.6 is 0 Å². The van der Waals surface area contributed by atoms with Gasteiger partial charge in [-0.2, -0.15) is 0 Å². The molecule has 2 aromatic carbocycles.